The topological polar surface area (TPSA) is 108 Å². The van der Waals surface area contributed by atoms with E-state index in [9.17, 15) is 0 Å². The largest absolute Gasteiger partial charge is 0.496 e. The van der Waals surface area contributed by atoms with Crippen molar-refractivity contribution in [1.82, 2.24) is 29.7 Å². The molecule has 0 aliphatic carbocycles. The number of hydrogen-bond acceptors (Lipinski definition) is 9. The summed E-state index contributed by atoms with van der Waals surface area (Å²) in [7, 11) is 0. The van der Waals surface area contributed by atoms with Gasteiger partial charge in [0.2, 0.25) is 5.95 Å². The quantitative estimate of drug-likeness (QED) is 0.394. The maximum Gasteiger partial charge on any atom is 0.227 e. The van der Waals surface area contributed by atoms with Crippen LogP contribution in [0, 0.1) is 5.41 Å². The average Bonchev–Trinajstić information content (AvgIpc) is 3.51. The van der Waals surface area contributed by atoms with Gasteiger partial charge in [-0.15, -0.1) is 0 Å². The van der Waals surface area contributed by atoms with E-state index in [1.807, 2.05) is 35.1 Å². The van der Waals surface area contributed by atoms with Gasteiger partial charge in [0.1, 0.15) is 16.3 Å². The molecular weight excluding hydrogens is 508 g/mol. The van der Waals surface area contributed by atoms with Gasteiger partial charge in [-0.2, -0.15) is 10.1 Å². The zero-order valence-corrected chi connectivity index (χ0v) is 22.0. The second kappa shape index (κ2) is 9.59. The molecule has 0 radical (unpaired) electrons. The van der Waals surface area contributed by atoms with Gasteiger partial charge in [-0.05, 0) is 31.9 Å². The van der Waals surface area contributed by atoms with Crippen LogP contribution in [0.15, 0.2) is 65.1 Å². The second-order valence-electron chi connectivity index (χ2n) is 9.45. The molecule has 9 nitrogen and oxygen atoms in total. The molecule has 6 rings (SSSR count). The van der Waals surface area contributed by atoms with E-state index in [0.29, 0.717) is 34.5 Å². The van der Waals surface area contributed by atoms with Crippen LogP contribution in [0.4, 0.5) is 5.95 Å². The number of rotatable bonds is 5. The fraction of sp³-hybridized carbons (Fsp3) is 0.346. The smallest absolute Gasteiger partial charge is 0.227 e. The molecule has 5 heterocycles. The number of nitrogens with zero attached hydrogens (tertiary/aromatic N) is 7. The number of aromatic nitrogens is 6. The van der Waals surface area contributed by atoms with Crippen LogP contribution in [0.2, 0.25) is 5.02 Å². The van der Waals surface area contributed by atoms with E-state index in [0.717, 1.165) is 53.7 Å². The first-order valence-electron chi connectivity index (χ1n) is 12.3. The molecule has 2 fully saturated rings. The zero-order valence-electron chi connectivity index (χ0n) is 20.5. The summed E-state index contributed by atoms with van der Waals surface area (Å²) < 4.78 is 7.53. The molecule has 1 aromatic carbocycles. The lowest BCUT2D eigenvalue weighted by Crippen LogP contribution is -2.49. The van der Waals surface area contributed by atoms with E-state index in [4.69, 9.17) is 32.0 Å². The van der Waals surface area contributed by atoms with Crippen molar-refractivity contribution in [3.8, 4) is 11.3 Å². The van der Waals surface area contributed by atoms with Gasteiger partial charge in [0.25, 0.3) is 0 Å². The SMILES string of the molecule is C=C1OCC2(CCN(c3ncc4nc(Sc5cccc(-c6ccn(CC)n6)c5Cl)cnc4n3)CC2)[C@@H]1N. The summed E-state index contributed by atoms with van der Waals surface area (Å²) in [4.78, 5) is 21.7. The molecule has 0 bridgehead atoms. The van der Waals surface area contributed by atoms with Crippen molar-refractivity contribution in [2.45, 2.75) is 42.3 Å². The summed E-state index contributed by atoms with van der Waals surface area (Å²) in [6, 6.07) is 7.78. The predicted molar refractivity (Wildman–Crippen MR) is 145 cm³/mol. The third-order valence-corrected chi connectivity index (χ3v) is 8.76. The number of anilines is 1. The highest BCUT2D eigenvalue weighted by atomic mass is 35.5. The van der Waals surface area contributed by atoms with Gasteiger partial charge in [0.05, 0.1) is 35.8 Å². The normalized spacial score (nSPS) is 19.1. The van der Waals surface area contributed by atoms with E-state index in [2.05, 4.69) is 33.5 Å². The number of ether oxygens (including phenoxy) is 1. The van der Waals surface area contributed by atoms with Crippen molar-refractivity contribution < 1.29 is 4.74 Å². The van der Waals surface area contributed by atoms with E-state index >= 15 is 0 Å². The van der Waals surface area contributed by atoms with Crippen LogP contribution in [-0.4, -0.2) is 55.5 Å². The lowest BCUT2D eigenvalue weighted by atomic mass is 9.74. The lowest BCUT2D eigenvalue weighted by Gasteiger charge is -2.39. The average molecular weight is 535 g/mol. The van der Waals surface area contributed by atoms with Gasteiger partial charge in [0, 0.05) is 41.7 Å². The van der Waals surface area contributed by atoms with Gasteiger partial charge in [-0.1, -0.05) is 42.1 Å². The first kappa shape index (κ1) is 24.1. The first-order chi connectivity index (χ1) is 18.0. The van der Waals surface area contributed by atoms with E-state index in [1.165, 1.54) is 11.8 Å². The number of halogens is 1. The highest BCUT2D eigenvalue weighted by Crippen LogP contribution is 2.43. The van der Waals surface area contributed by atoms with Crippen molar-refractivity contribution in [1.29, 1.82) is 0 Å². The third kappa shape index (κ3) is 4.43. The maximum atomic E-state index is 6.76. The molecule has 0 amide bonds. The van der Waals surface area contributed by atoms with Crippen LogP contribution >= 0.6 is 23.4 Å². The van der Waals surface area contributed by atoms with Gasteiger partial charge in [-0.3, -0.25) is 4.68 Å². The molecule has 0 unspecified atom stereocenters. The Kier molecular flexibility index (Phi) is 6.26. The lowest BCUT2D eigenvalue weighted by molar-refractivity contribution is 0.146. The summed E-state index contributed by atoms with van der Waals surface area (Å²) in [5.41, 5.74) is 9.26. The molecule has 11 heteroatoms. The van der Waals surface area contributed by atoms with Crippen LogP contribution in [0.5, 0.6) is 0 Å². The molecule has 2 N–H and O–H groups in total. The van der Waals surface area contributed by atoms with Gasteiger partial charge in [-0.25, -0.2) is 15.0 Å². The van der Waals surface area contributed by atoms with Crippen molar-refractivity contribution in [2.24, 2.45) is 11.1 Å². The number of nitrogens with two attached hydrogens (primary N) is 1. The Morgan fingerprint density at radius 3 is 2.76 bits per heavy atom. The van der Waals surface area contributed by atoms with E-state index in [1.54, 1.807) is 12.4 Å². The first-order valence-corrected chi connectivity index (χ1v) is 13.5. The van der Waals surface area contributed by atoms with Crippen molar-refractivity contribution in [3.63, 3.8) is 0 Å². The number of piperidine rings is 1. The molecule has 3 aromatic heterocycles. The molecule has 2 aliphatic rings. The van der Waals surface area contributed by atoms with E-state index < -0.39 is 0 Å². The standard InChI is InChI=1S/C26H27ClN8OS/c1-3-35-10-7-18(33-35)17-5-4-6-20(22(17)27)37-21-14-29-24-19(31-21)13-30-25(32-24)34-11-8-26(9-12-34)15-36-16(2)23(26)28/h4-7,10,13-14,23H,2-3,8-9,11-12,15,28H2,1H3/t23-/m1/s1. The van der Waals surface area contributed by atoms with Crippen LogP contribution in [0.3, 0.4) is 0 Å². The zero-order chi connectivity index (χ0) is 25.6. The molecule has 1 atom stereocenters. The Morgan fingerprint density at radius 2 is 2.03 bits per heavy atom. The van der Waals surface area contributed by atoms with Crippen LogP contribution in [0.1, 0.15) is 19.8 Å². The molecule has 190 valence electrons. The highest BCUT2D eigenvalue weighted by Gasteiger charge is 2.47. The number of fused-ring (bicyclic) bond motifs is 1. The molecular formula is C26H27ClN8OS. The minimum absolute atomic E-state index is 0.0367. The number of benzene rings is 1. The van der Waals surface area contributed by atoms with Gasteiger partial charge in [0.15, 0.2) is 5.65 Å². The summed E-state index contributed by atoms with van der Waals surface area (Å²) in [5.74, 6) is 1.35. The van der Waals surface area contributed by atoms with Crippen LogP contribution in [-0.2, 0) is 11.3 Å². The fourth-order valence-electron chi connectivity index (χ4n) is 4.94. The van der Waals surface area contributed by atoms with Crippen molar-refractivity contribution in [3.05, 3.63) is 60.2 Å². The predicted octanol–water partition coefficient (Wildman–Crippen LogP) is 4.57. The monoisotopic (exact) mass is 534 g/mol. The Balaban J connectivity index is 1.19. The fourth-order valence-corrected chi connectivity index (χ4v) is 6.10. The van der Waals surface area contributed by atoms with E-state index in [-0.39, 0.29) is 11.5 Å². The molecule has 1 spiro atoms. The summed E-state index contributed by atoms with van der Waals surface area (Å²) in [6.45, 7) is 9.06. The molecule has 0 saturated carbocycles. The van der Waals surface area contributed by atoms with Crippen LogP contribution < -0.4 is 10.6 Å². The van der Waals surface area contributed by atoms with Gasteiger partial charge < -0.3 is 15.4 Å². The third-order valence-electron chi connectivity index (χ3n) is 7.28. The molecule has 37 heavy (non-hydrogen) atoms. The van der Waals surface area contributed by atoms with Gasteiger partial charge >= 0.3 is 0 Å². The van der Waals surface area contributed by atoms with Crippen LogP contribution in [0.25, 0.3) is 22.4 Å². The minimum atomic E-state index is -0.114. The molecule has 2 saturated heterocycles. The summed E-state index contributed by atoms with van der Waals surface area (Å²) in [5, 5.41) is 5.94. The van der Waals surface area contributed by atoms with Crippen molar-refractivity contribution >= 4 is 40.5 Å². The Hall–Kier alpha value is -3.21. The molecule has 4 aromatic rings. The Bertz CT molecular complexity index is 1480. The van der Waals surface area contributed by atoms with Crippen molar-refractivity contribution in [2.75, 3.05) is 24.6 Å². The number of aryl methyl sites for hydroxylation is 1. The Morgan fingerprint density at radius 1 is 1.19 bits per heavy atom. The maximum absolute atomic E-state index is 6.76. The highest BCUT2D eigenvalue weighted by molar-refractivity contribution is 7.99. The minimum Gasteiger partial charge on any atom is -0.496 e. The number of hydrogen-bond donors (Lipinski definition) is 1. The summed E-state index contributed by atoms with van der Waals surface area (Å²) in [6.07, 6.45) is 7.24. The summed E-state index contributed by atoms with van der Waals surface area (Å²) >= 11 is 8.22. The molecule has 2 aliphatic heterocycles. The second-order valence-corrected chi connectivity index (χ2v) is 10.9. The Labute approximate surface area is 224 Å².